The topological polar surface area (TPSA) is 80.9 Å². The van der Waals surface area contributed by atoms with Gasteiger partial charge in [-0.25, -0.2) is 9.79 Å². The molecule has 0 unspecified atom stereocenters. The average Bonchev–Trinajstić information content (AvgIpc) is 3.05. The number of phenolic OH excluding ortho intramolecular Hbond substituents is 1. The summed E-state index contributed by atoms with van der Waals surface area (Å²) < 4.78 is 7.87. The predicted molar refractivity (Wildman–Crippen MR) is 128 cm³/mol. The number of benzene rings is 2. The second-order valence-corrected chi connectivity index (χ2v) is 9.36. The van der Waals surface area contributed by atoms with E-state index in [0.29, 0.717) is 31.2 Å². The van der Waals surface area contributed by atoms with Crippen LogP contribution >= 0.6 is 38.9 Å². The lowest BCUT2D eigenvalue weighted by Gasteiger charge is -2.25. The molecule has 0 amide bonds. The third-order valence-electron chi connectivity index (χ3n) is 4.99. The van der Waals surface area contributed by atoms with Gasteiger partial charge in [0.25, 0.3) is 5.56 Å². The Kier molecular flexibility index (Phi) is 6.37. The molecular formula is C23H18BrClN2O4S. The quantitative estimate of drug-likeness (QED) is 0.516. The summed E-state index contributed by atoms with van der Waals surface area (Å²) >= 11 is 11.0. The first kappa shape index (κ1) is 22.5. The number of carbonyl (C=O) groups excluding carboxylic acids is 1. The van der Waals surface area contributed by atoms with E-state index in [9.17, 15) is 14.7 Å². The zero-order valence-corrected chi connectivity index (χ0v) is 20.3. The van der Waals surface area contributed by atoms with E-state index in [4.69, 9.17) is 16.3 Å². The average molecular weight is 534 g/mol. The highest BCUT2D eigenvalue weighted by Gasteiger charge is 2.34. The fourth-order valence-corrected chi connectivity index (χ4v) is 5.22. The largest absolute Gasteiger partial charge is 0.507 e. The molecule has 3 aromatic rings. The van der Waals surface area contributed by atoms with Crippen LogP contribution in [0.4, 0.5) is 0 Å². The Morgan fingerprint density at radius 1 is 1.34 bits per heavy atom. The van der Waals surface area contributed by atoms with E-state index in [1.807, 2.05) is 0 Å². The van der Waals surface area contributed by atoms with Crippen molar-refractivity contribution in [3.05, 3.63) is 94.0 Å². The molecule has 0 fully saturated rings. The van der Waals surface area contributed by atoms with E-state index < -0.39 is 12.0 Å². The van der Waals surface area contributed by atoms with Crippen LogP contribution in [0.1, 0.15) is 31.0 Å². The summed E-state index contributed by atoms with van der Waals surface area (Å²) in [5, 5.41) is 10.6. The number of aromatic nitrogens is 1. The Morgan fingerprint density at radius 2 is 2.09 bits per heavy atom. The second kappa shape index (κ2) is 9.05. The van der Waals surface area contributed by atoms with Crippen LogP contribution in [0.5, 0.6) is 5.75 Å². The van der Waals surface area contributed by atoms with Gasteiger partial charge in [0, 0.05) is 15.1 Å². The number of aromatic hydroxyl groups is 1. The molecule has 1 aliphatic heterocycles. The van der Waals surface area contributed by atoms with Gasteiger partial charge >= 0.3 is 5.97 Å². The van der Waals surface area contributed by atoms with Gasteiger partial charge < -0.3 is 9.84 Å². The Morgan fingerprint density at radius 3 is 2.81 bits per heavy atom. The lowest BCUT2D eigenvalue weighted by Crippen LogP contribution is -2.40. The van der Waals surface area contributed by atoms with Crippen LogP contribution in [0.25, 0.3) is 6.08 Å². The highest BCUT2D eigenvalue weighted by molar-refractivity contribution is 9.10. The van der Waals surface area contributed by atoms with Crippen molar-refractivity contribution >= 4 is 50.9 Å². The van der Waals surface area contributed by atoms with Crippen molar-refractivity contribution in [2.75, 3.05) is 6.61 Å². The van der Waals surface area contributed by atoms with Crippen molar-refractivity contribution in [3.8, 4) is 5.75 Å². The summed E-state index contributed by atoms with van der Waals surface area (Å²) in [5.41, 5.74) is 1.48. The lowest BCUT2D eigenvalue weighted by molar-refractivity contribution is -0.139. The molecule has 6 nitrogen and oxygen atoms in total. The number of rotatable bonds is 4. The third-order valence-corrected chi connectivity index (χ3v) is 6.81. The van der Waals surface area contributed by atoms with Gasteiger partial charge in [0.15, 0.2) is 4.80 Å². The highest BCUT2D eigenvalue weighted by atomic mass is 79.9. The summed E-state index contributed by atoms with van der Waals surface area (Å²) in [5.74, 6) is -0.498. The number of esters is 1. The Balaban J connectivity index is 2.00. The minimum absolute atomic E-state index is 0.0464. The van der Waals surface area contributed by atoms with Gasteiger partial charge in [-0.05, 0) is 49.8 Å². The summed E-state index contributed by atoms with van der Waals surface area (Å²) in [6.07, 6.45) is 1.61. The van der Waals surface area contributed by atoms with E-state index in [0.717, 1.165) is 4.47 Å². The molecule has 0 aliphatic carbocycles. The van der Waals surface area contributed by atoms with Crippen LogP contribution < -0.4 is 14.9 Å². The number of allylic oxidation sites excluding steroid dienone is 1. The SMILES string of the molecule is CCOC(=O)C1=C(C)N=c2s/c(=C\c3cc(Br)ccc3O)c(=O)n2[C@@H]1c1ccccc1Cl. The molecule has 0 radical (unpaired) electrons. The molecule has 4 rings (SSSR count). The summed E-state index contributed by atoms with van der Waals surface area (Å²) in [7, 11) is 0. The molecule has 0 bridgehead atoms. The molecule has 1 aliphatic rings. The first-order valence-electron chi connectivity index (χ1n) is 9.74. The summed E-state index contributed by atoms with van der Waals surface area (Å²) in [4.78, 5) is 31.3. The van der Waals surface area contributed by atoms with Gasteiger partial charge in [0.2, 0.25) is 0 Å². The van der Waals surface area contributed by atoms with Gasteiger partial charge in [-0.1, -0.05) is 57.1 Å². The minimum Gasteiger partial charge on any atom is -0.507 e. The number of thiazole rings is 1. The minimum atomic E-state index is -0.780. The number of nitrogens with zero attached hydrogens (tertiary/aromatic N) is 2. The van der Waals surface area contributed by atoms with Crippen LogP contribution in [0.2, 0.25) is 5.02 Å². The normalized spacial score (nSPS) is 16.0. The molecule has 164 valence electrons. The van der Waals surface area contributed by atoms with Crippen molar-refractivity contribution in [1.29, 1.82) is 0 Å². The molecular weight excluding hydrogens is 516 g/mol. The standard InChI is InChI=1S/C23H18BrClN2O4S/c1-3-31-22(30)19-12(2)26-23-27(20(19)15-6-4-5-7-16(15)25)21(29)18(32-23)11-13-10-14(24)8-9-17(13)28/h4-11,20,28H,3H2,1-2H3/b18-11-/t20-/m1/s1. The molecule has 0 saturated carbocycles. The van der Waals surface area contributed by atoms with E-state index in [-0.39, 0.29) is 23.5 Å². The van der Waals surface area contributed by atoms with Gasteiger partial charge in [0.05, 0.1) is 22.4 Å². The Hall–Kier alpha value is -2.68. The molecule has 0 spiro atoms. The van der Waals surface area contributed by atoms with E-state index in [1.165, 1.54) is 15.9 Å². The van der Waals surface area contributed by atoms with Gasteiger partial charge in [-0.2, -0.15) is 0 Å². The molecule has 1 aromatic heterocycles. The van der Waals surface area contributed by atoms with Crippen LogP contribution in [-0.4, -0.2) is 22.2 Å². The van der Waals surface area contributed by atoms with E-state index in [2.05, 4.69) is 20.9 Å². The first-order chi connectivity index (χ1) is 15.3. The number of hydrogen-bond donors (Lipinski definition) is 1. The number of halogens is 2. The number of carbonyl (C=O) groups is 1. The Bertz CT molecular complexity index is 1440. The van der Waals surface area contributed by atoms with Crippen molar-refractivity contribution < 1.29 is 14.6 Å². The maximum atomic E-state index is 13.5. The van der Waals surface area contributed by atoms with Gasteiger partial charge in [-0.15, -0.1) is 0 Å². The second-order valence-electron chi connectivity index (χ2n) is 7.03. The Labute approximate surface area is 200 Å². The third kappa shape index (κ3) is 4.05. The monoisotopic (exact) mass is 532 g/mol. The van der Waals surface area contributed by atoms with Crippen molar-refractivity contribution in [2.24, 2.45) is 4.99 Å². The predicted octanol–water partition coefficient (Wildman–Crippen LogP) is 3.92. The number of hydrogen-bond acceptors (Lipinski definition) is 6. The number of phenols is 1. The maximum absolute atomic E-state index is 13.5. The molecule has 2 aromatic carbocycles. The maximum Gasteiger partial charge on any atom is 0.338 e. The fraction of sp³-hybridized carbons (Fsp3) is 0.174. The van der Waals surface area contributed by atoms with Gasteiger partial charge in [0.1, 0.15) is 11.8 Å². The van der Waals surface area contributed by atoms with Crippen LogP contribution in [0, 0.1) is 0 Å². The van der Waals surface area contributed by atoms with Gasteiger partial charge in [-0.3, -0.25) is 9.36 Å². The zero-order chi connectivity index (χ0) is 23.0. The van der Waals surface area contributed by atoms with Crippen LogP contribution in [0.3, 0.4) is 0 Å². The van der Waals surface area contributed by atoms with Crippen LogP contribution in [-0.2, 0) is 9.53 Å². The molecule has 1 atom stereocenters. The number of fused-ring (bicyclic) bond motifs is 1. The first-order valence-corrected chi connectivity index (χ1v) is 11.7. The zero-order valence-electron chi connectivity index (χ0n) is 17.1. The van der Waals surface area contributed by atoms with Crippen LogP contribution in [0.15, 0.2) is 68.0 Å². The lowest BCUT2D eigenvalue weighted by atomic mass is 9.96. The number of ether oxygens (including phenoxy) is 1. The highest BCUT2D eigenvalue weighted by Crippen LogP contribution is 2.34. The summed E-state index contributed by atoms with van der Waals surface area (Å²) in [6, 6.07) is 11.3. The van der Waals surface area contributed by atoms with Crippen molar-refractivity contribution in [3.63, 3.8) is 0 Å². The van der Waals surface area contributed by atoms with E-state index in [1.54, 1.807) is 62.4 Å². The molecule has 2 heterocycles. The molecule has 1 N–H and O–H groups in total. The smallest absolute Gasteiger partial charge is 0.338 e. The van der Waals surface area contributed by atoms with E-state index >= 15 is 0 Å². The molecule has 9 heteroatoms. The summed E-state index contributed by atoms with van der Waals surface area (Å²) in [6.45, 7) is 3.63. The van der Waals surface area contributed by atoms with Crippen molar-refractivity contribution in [1.82, 2.24) is 4.57 Å². The van der Waals surface area contributed by atoms with Crippen molar-refractivity contribution in [2.45, 2.75) is 19.9 Å². The molecule has 0 saturated heterocycles. The fourth-order valence-electron chi connectivity index (χ4n) is 3.56. The molecule has 32 heavy (non-hydrogen) atoms.